The van der Waals surface area contributed by atoms with E-state index in [1.165, 1.54) is 11.1 Å². The zero-order chi connectivity index (χ0) is 23.2. The molecule has 0 atom stereocenters. The molecule has 0 aliphatic rings. The summed E-state index contributed by atoms with van der Waals surface area (Å²) in [6.07, 6.45) is 1.85. The van der Waals surface area contributed by atoms with Crippen LogP contribution in [0.4, 0.5) is 0 Å². The van der Waals surface area contributed by atoms with Gasteiger partial charge in [0.1, 0.15) is 18.1 Å². The average Bonchev–Trinajstić information content (AvgIpc) is 2.72. The summed E-state index contributed by atoms with van der Waals surface area (Å²) in [4.78, 5) is 15.4. The van der Waals surface area contributed by atoms with Gasteiger partial charge in [0, 0.05) is 5.41 Å². The first kappa shape index (κ1) is 24.7. The molecule has 0 saturated heterocycles. The van der Waals surface area contributed by atoms with Gasteiger partial charge in [0.25, 0.3) is 0 Å². The summed E-state index contributed by atoms with van der Waals surface area (Å²) in [5.74, 6) is 5.65. The number of nitrogens with two attached hydrogens (primary N) is 1. The Balaban J connectivity index is 2.36. The first-order valence-electron chi connectivity index (χ1n) is 10.7. The van der Waals surface area contributed by atoms with Gasteiger partial charge in [0.15, 0.2) is 6.61 Å². The zero-order valence-electron chi connectivity index (χ0n) is 19.5. The fraction of sp³-hybridized carbons (Fsp3) is 0.480. The van der Waals surface area contributed by atoms with Crippen molar-refractivity contribution in [2.75, 3.05) is 13.2 Å². The van der Waals surface area contributed by atoms with Gasteiger partial charge in [0.05, 0.1) is 5.60 Å². The number of aliphatic hydroxyl groups is 1. The summed E-state index contributed by atoms with van der Waals surface area (Å²) in [5, 5.41) is 9.94. The molecule has 2 aromatic rings. The molecule has 0 unspecified atom stereocenters. The van der Waals surface area contributed by atoms with Crippen LogP contribution in [0.1, 0.15) is 62.8 Å². The summed E-state index contributed by atoms with van der Waals surface area (Å²) in [5.41, 5.74) is 3.32. The third kappa shape index (κ3) is 5.99. The third-order valence-corrected chi connectivity index (χ3v) is 5.72. The van der Waals surface area contributed by atoms with E-state index in [0.29, 0.717) is 5.75 Å². The monoisotopic (exact) mass is 429 g/mol. The first-order valence-corrected chi connectivity index (χ1v) is 10.7. The molecule has 0 amide bonds. The van der Waals surface area contributed by atoms with E-state index < -0.39 is 11.6 Å². The number of rotatable bonds is 10. The molecule has 0 fully saturated rings. The van der Waals surface area contributed by atoms with Crippen LogP contribution in [0.3, 0.4) is 0 Å². The first-order chi connectivity index (χ1) is 14.6. The minimum absolute atomic E-state index is 0.168. The van der Waals surface area contributed by atoms with E-state index >= 15 is 0 Å². The van der Waals surface area contributed by atoms with Crippen molar-refractivity contribution in [2.24, 2.45) is 5.90 Å². The second-order valence-electron chi connectivity index (χ2n) is 8.63. The fourth-order valence-corrected chi connectivity index (χ4v) is 3.88. The minimum Gasteiger partial charge on any atom is -0.490 e. The van der Waals surface area contributed by atoms with Crippen molar-refractivity contribution in [3.63, 3.8) is 0 Å². The van der Waals surface area contributed by atoms with Gasteiger partial charge in [-0.1, -0.05) is 38.1 Å². The molecule has 31 heavy (non-hydrogen) atoms. The van der Waals surface area contributed by atoms with E-state index in [9.17, 15) is 9.90 Å². The van der Waals surface area contributed by atoms with Crippen LogP contribution < -0.4 is 15.4 Å². The number of hydrogen-bond acceptors (Lipinski definition) is 6. The maximum absolute atomic E-state index is 11.3. The lowest BCUT2D eigenvalue weighted by atomic mass is 9.70. The number of carbonyl (C=O) groups excluding carboxylic acids is 1. The number of hydrogen-bond donors (Lipinski definition) is 2. The zero-order valence-corrected chi connectivity index (χ0v) is 19.5. The Kier molecular flexibility index (Phi) is 8.09. The van der Waals surface area contributed by atoms with Crippen molar-refractivity contribution in [3.8, 4) is 11.5 Å². The van der Waals surface area contributed by atoms with Crippen LogP contribution in [0.15, 0.2) is 36.4 Å². The number of ether oxygens (including phenoxy) is 2. The van der Waals surface area contributed by atoms with Crippen LogP contribution in [-0.4, -0.2) is 29.9 Å². The molecule has 3 N–H and O–H groups in total. The predicted molar refractivity (Wildman–Crippen MR) is 121 cm³/mol. The molecule has 2 rings (SSSR count). The lowest BCUT2D eigenvalue weighted by molar-refractivity contribution is -0.146. The second-order valence-corrected chi connectivity index (χ2v) is 8.63. The van der Waals surface area contributed by atoms with Crippen molar-refractivity contribution in [2.45, 2.75) is 65.4 Å². The van der Waals surface area contributed by atoms with Crippen LogP contribution in [0, 0.1) is 13.8 Å². The summed E-state index contributed by atoms with van der Waals surface area (Å²) in [6, 6.07) is 12.3. The van der Waals surface area contributed by atoms with Gasteiger partial charge in [-0.2, -0.15) is 5.90 Å². The molecule has 0 aliphatic heterocycles. The van der Waals surface area contributed by atoms with E-state index in [4.69, 9.17) is 15.4 Å². The highest BCUT2D eigenvalue weighted by atomic mass is 16.7. The predicted octanol–water partition coefficient (Wildman–Crippen LogP) is 4.35. The van der Waals surface area contributed by atoms with Gasteiger partial charge in [-0.05, 0) is 74.9 Å². The average molecular weight is 430 g/mol. The third-order valence-electron chi connectivity index (χ3n) is 5.72. The Morgan fingerprint density at radius 3 is 1.81 bits per heavy atom. The lowest BCUT2D eigenvalue weighted by Crippen LogP contribution is -2.28. The minimum atomic E-state index is -0.885. The van der Waals surface area contributed by atoms with Crippen molar-refractivity contribution in [1.29, 1.82) is 0 Å². The second kappa shape index (κ2) is 10.2. The van der Waals surface area contributed by atoms with E-state index in [-0.39, 0.29) is 18.6 Å². The highest BCUT2D eigenvalue weighted by Crippen LogP contribution is 2.41. The van der Waals surface area contributed by atoms with Gasteiger partial charge >= 0.3 is 5.97 Å². The van der Waals surface area contributed by atoms with Gasteiger partial charge in [-0.15, -0.1) is 0 Å². The standard InChI is InChI=1S/C25H35NO5/c1-7-25(8-2,19-9-11-21(17(3)13-19)29-15-23(27)31-26)20-10-12-22(18(4)14-20)30-16-24(5,6)28/h9-14,28H,7-8,15-16,26H2,1-6H3. The fourth-order valence-electron chi connectivity index (χ4n) is 3.88. The summed E-state index contributed by atoms with van der Waals surface area (Å²) in [6.45, 7) is 11.8. The number of benzene rings is 2. The molecule has 0 spiro atoms. The molecule has 0 aliphatic carbocycles. The van der Waals surface area contributed by atoms with E-state index in [1.807, 2.05) is 26.0 Å². The molecule has 6 heteroatoms. The largest absolute Gasteiger partial charge is 0.490 e. The van der Waals surface area contributed by atoms with E-state index in [2.05, 4.69) is 43.0 Å². The van der Waals surface area contributed by atoms with E-state index in [1.54, 1.807) is 13.8 Å². The molecule has 0 bridgehead atoms. The Labute approximate surface area is 185 Å². The highest BCUT2D eigenvalue weighted by Gasteiger charge is 2.31. The summed E-state index contributed by atoms with van der Waals surface area (Å²) < 4.78 is 11.3. The normalized spacial score (nSPS) is 11.9. The number of aryl methyl sites for hydroxylation is 2. The van der Waals surface area contributed by atoms with Crippen LogP contribution in [-0.2, 0) is 15.0 Å². The molecule has 0 heterocycles. The molecule has 0 saturated carbocycles. The lowest BCUT2D eigenvalue weighted by Gasteiger charge is -2.34. The van der Waals surface area contributed by atoms with Crippen molar-refractivity contribution >= 4 is 5.97 Å². The van der Waals surface area contributed by atoms with Gasteiger partial charge in [-0.25, -0.2) is 4.79 Å². The maximum Gasteiger partial charge on any atom is 0.362 e. The van der Waals surface area contributed by atoms with Crippen LogP contribution in [0.5, 0.6) is 11.5 Å². The molecular weight excluding hydrogens is 394 g/mol. The quantitative estimate of drug-likeness (QED) is 0.546. The Bertz CT molecular complexity index is 897. The molecule has 0 aromatic heterocycles. The van der Waals surface area contributed by atoms with Crippen LogP contribution in [0.2, 0.25) is 0 Å². The molecule has 170 valence electrons. The van der Waals surface area contributed by atoms with Gasteiger partial charge < -0.3 is 19.4 Å². The SMILES string of the molecule is CCC(CC)(c1ccc(OCC(=O)ON)c(C)c1)c1ccc(OCC(C)(C)O)c(C)c1. The Morgan fingerprint density at radius 1 is 0.935 bits per heavy atom. The van der Waals surface area contributed by atoms with Gasteiger partial charge in [0.2, 0.25) is 0 Å². The maximum atomic E-state index is 11.3. The van der Waals surface area contributed by atoms with Crippen LogP contribution in [0.25, 0.3) is 0 Å². The van der Waals surface area contributed by atoms with Crippen molar-refractivity contribution in [1.82, 2.24) is 0 Å². The summed E-state index contributed by atoms with van der Waals surface area (Å²) in [7, 11) is 0. The Hall–Kier alpha value is -2.57. The van der Waals surface area contributed by atoms with Crippen LogP contribution >= 0.6 is 0 Å². The Morgan fingerprint density at radius 2 is 1.42 bits per heavy atom. The molecule has 2 aromatic carbocycles. The van der Waals surface area contributed by atoms with Crippen molar-refractivity contribution in [3.05, 3.63) is 58.7 Å². The highest BCUT2D eigenvalue weighted by molar-refractivity contribution is 5.70. The topological polar surface area (TPSA) is 91.0 Å². The van der Waals surface area contributed by atoms with Gasteiger partial charge in [-0.3, -0.25) is 0 Å². The molecule has 6 nitrogen and oxygen atoms in total. The number of carbonyl (C=O) groups is 1. The smallest absolute Gasteiger partial charge is 0.362 e. The molecular formula is C25H35NO5. The van der Waals surface area contributed by atoms with Crippen molar-refractivity contribution < 1.29 is 24.2 Å². The molecule has 0 radical (unpaired) electrons. The summed E-state index contributed by atoms with van der Waals surface area (Å²) >= 11 is 0. The van der Waals surface area contributed by atoms with E-state index in [0.717, 1.165) is 29.7 Å².